The molecule has 13 heteroatoms. The number of carbonyl (C=O) groups is 4. The molecule has 2 saturated carbocycles. The molecule has 2 aromatic carbocycles. The van der Waals surface area contributed by atoms with Crippen molar-refractivity contribution in [3.63, 3.8) is 0 Å². The topological polar surface area (TPSA) is 160 Å². The number of nitrogens with zero attached hydrogens (tertiary/aromatic N) is 1. The maximum absolute atomic E-state index is 14.6. The number of alkyl carbamates (subject to hydrolysis) is 1. The Morgan fingerprint density at radius 2 is 1.50 bits per heavy atom. The van der Waals surface area contributed by atoms with Crippen molar-refractivity contribution in [2.75, 3.05) is 13.7 Å². The van der Waals surface area contributed by atoms with Crippen LogP contribution in [0.2, 0.25) is 0 Å². The Balaban J connectivity index is 1.34. The molecule has 0 spiro atoms. The number of hydrogen-bond donors (Lipinski definition) is 3. The molecular weight excluding hydrogens is 685 g/mol. The summed E-state index contributed by atoms with van der Waals surface area (Å²) < 4.78 is 39.7. The molecule has 282 valence electrons. The van der Waals surface area contributed by atoms with Crippen molar-refractivity contribution < 1.29 is 37.1 Å². The molecule has 4 amide bonds. The van der Waals surface area contributed by atoms with Crippen LogP contribution in [-0.2, 0) is 39.5 Å². The second-order valence-corrected chi connectivity index (χ2v) is 17.9. The van der Waals surface area contributed by atoms with Gasteiger partial charge in [-0.3, -0.25) is 19.1 Å². The minimum absolute atomic E-state index is 0.0102. The second-order valence-electron chi connectivity index (χ2n) is 15.9. The highest BCUT2D eigenvalue weighted by Crippen LogP contribution is 2.49. The molecule has 2 aromatic rings. The van der Waals surface area contributed by atoms with E-state index in [9.17, 15) is 27.6 Å². The van der Waals surface area contributed by atoms with E-state index in [2.05, 4.69) is 15.4 Å². The molecule has 5 atom stereocenters. The molecule has 2 saturated heterocycles. The van der Waals surface area contributed by atoms with Crippen LogP contribution >= 0.6 is 0 Å². The van der Waals surface area contributed by atoms with E-state index in [1.165, 1.54) is 4.90 Å². The minimum Gasteiger partial charge on any atom is -0.444 e. The fourth-order valence-corrected chi connectivity index (χ4v) is 9.10. The SMILES string of the molecule is CO[C@@]1(c2ccc(-c3ccccc3)cc2)C[C@H]2C(=O)N[C@]3(C(=O)NS(=O)(=O)C4CC4)C[C@H]3CCCCCCC[C@H](NC(=O)OC(C)(C)C)C(=O)N2C1. The van der Waals surface area contributed by atoms with E-state index in [4.69, 9.17) is 9.47 Å². The van der Waals surface area contributed by atoms with Crippen LogP contribution in [-0.4, -0.2) is 79.3 Å². The third-order valence-electron chi connectivity index (χ3n) is 10.9. The van der Waals surface area contributed by atoms with E-state index in [1.807, 2.05) is 54.6 Å². The van der Waals surface area contributed by atoms with Gasteiger partial charge in [-0.15, -0.1) is 0 Å². The van der Waals surface area contributed by atoms with Crippen molar-refractivity contribution in [2.24, 2.45) is 5.92 Å². The molecule has 2 heterocycles. The zero-order chi connectivity index (χ0) is 37.3. The van der Waals surface area contributed by atoms with Crippen molar-refractivity contribution in [1.29, 1.82) is 0 Å². The lowest BCUT2D eigenvalue weighted by molar-refractivity contribution is -0.141. The van der Waals surface area contributed by atoms with E-state index in [-0.39, 0.29) is 18.9 Å². The van der Waals surface area contributed by atoms with E-state index in [1.54, 1.807) is 27.9 Å². The Kier molecular flexibility index (Phi) is 10.8. The number of sulfonamides is 1. The lowest BCUT2D eigenvalue weighted by atomic mass is 9.89. The van der Waals surface area contributed by atoms with E-state index in [0.29, 0.717) is 38.5 Å². The molecule has 2 aliphatic carbocycles. The van der Waals surface area contributed by atoms with Crippen LogP contribution in [0.4, 0.5) is 4.79 Å². The standard InChI is InChI=1S/C39H52N4O8S/c1-37(2,3)51-36(47)40-31-16-12-7-5-6-11-15-29-23-39(29,35(46)42-52(48,49)30-21-22-30)41-33(44)32-24-38(50-4,25-43(32)34(31)45)28-19-17-27(18-20-28)26-13-9-8-10-14-26/h8-10,13-14,17-20,29-32H,5-7,11-12,15-16,21-25H2,1-4H3,(H,40,47)(H,41,44)(H,42,46)/t29-,31+,32+,38+,39-/m1/s1. The van der Waals surface area contributed by atoms with Crippen molar-refractivity contribution in [3.8, 4) is 11.1 Å². The summed E-state index contributed by atoms with van der Waals surface area (Å²) in [6.07, 6.45) is 5.73. The Morgan fingerprint density at radius 3 is 2.13 bits per heavy atom. The number of hydrogen-bond acceptors (Lipinski definition) is 8. The third kappa shape index (κ3) is 8.30. The molecule has 0 bridgehead atoms. The van der Waals surface area contributed by atoms with Gasteiger partial charge in [-0.1, -0.05) is 86.7 Å². The molecular formula is C39H52N4O8S. The molecule has 0 unspecified atom stereocenters. The number of ether oxygens (including phenoxy) is 2. The maximum atomic E-state index is 14.6. The van der Waals surface area contributed by atoms with Gasteiger partial charge in [0.05, 0.1) is 11.8 Å². The summed E-state index contributed by atoms with van der Waals surface area (Å²) in [5.41, 5.74) is -0.492. The van der Waals surface area contributed by atoms with Crippen molar-refractivity contribution in [1.82, 2.24) is 20.3 Å². The lowest BCUT2D eigenvalue weighted by Gasteiger charge is -2.31. The first-order valence-corrected chi connectivity index (χ1v) is 20.1. The highest BCUT2D eigenvalue weighted by molar-refractivity contribution is 7.91. The Labute approximate surface area is 306 Å². The summed E-state index contributed by atoms with van der Waals surface area (Å²) in [6, 6.07) is 15.7. The Hall–Kier alpha value is -3.97. The van der Waals surface area contributed by atoms with Gasteiger partial charge >= 0.3 is 6.09 Å². The predicted octanol–water partition coefficient (Wildman–Crippen LogP) is 4.92. The molecule has 4 aliphatic rings. The average molecular weight is 737 g/mol. The summed E-state index contributed by atoms with van der Waals surface area (Å²) in [5, 5.41) is 5.15. The summed E-state index contributed by atoms with van der Waals surface area (Å²) in [5.74, 6) is -1.99. The predicted molar refractivity (Wildman–Crippen MR) is 195 cm³/mol. The van der Waals surface area contributed by atoms with Crippen LogP contribution in [0.25, 0.3) is 11.1 Å². The van der Waals surface area contributed by atoms with Crippen molar-refractivity contribution in [3.05, 3.63) is 60.2 Å². The maximum Gasteiger partial charge on any atom is 0.408 e. The normalized spacial score (nSPS) is 28.7. The molecule has 0 aromatic heterocycles. The van der Waals surface area contributed by atoms with Crippen molar-refractivity contribution >= 4 is 33.8 Å². The van der Waals surface area contributed by atoms with Gasteiger partial charge in [-0.2, -0.15) is 0 Å². The molecule has 2 aliphatic heterocycles. The summed E-state index contributed by atoms with van der Waals surface area (Å²) in [6.45, 7) is 5.24. The van der Waals surface area contributed by atoms with Crippen LogP contribution in [0, 0.1) is 5.92 Å². The Bertz CT molecular complexity index is 1760. The highest BCUT2D eigenvalue weighted by Gasteiger charge is 2.63. The molecule has 3 N–H and O–H groups in total. The fourth-order valence-electron chi connectivity index (χ4n) is 7.74. The van der Waals surface area contributed by atoms with Crippen molar-refractivity contribution in [2.45, 2.75) is 125 Å². The molecule has 0 radical (unpaired) electrons. The molecule has 4 fully saturated rings. The molecule has 6 rings (SSSR count). The number of carbonyl (C=O) groups excluding carboxylic acids is 4. The summed E-state index contributed by atoms with van der Waals surface area (Å²) >= 11 is 0. The largest absolute Gasteiger partial charge is 0.444 e. The highest BCUT2D eigenvalue weighted by atomic mass is 32.2. The van der Waals surface area contributed by atoms with Gasteiger partial charge in [0.2, 0.25) is 21.8 Å². The molecule has 12 nitrogen and oxygen atoms in total. The van der Waals surface area contributed by atoms with Crippen LogP contribution in [0.1, 0.15) is 97.0 Å². The first kappa shape index (κ1) is 37.8. The second kappa shape index (κ2) is 14.8. The van der Waals surface area contributed by atoms with Gasteiger partial charge in [0.15, 0.2) is 0 Å². The smallest absolute Gasteiger partial charge is 0.408 e. The van der Waals surface area contributed by atoms with Gasteiger partial charge in [0.1, 0.15) is 28.8 Å². The average Bonchev–Trinajstić information content (AvgIpc) is 4.03. The summed E-state index contributed by atoms with van der Waals surface area (Å²) in [4.78, 5) is 57.4. The zero-order valence-electron chi connectivity index (χ0n) is 30.6. The van der Waals surface area contributed by atoms with Gasteiger partial charge in [-0.05, 0) is 75.5 Å². The van der Waals surface area contributed by atoms with Crippen LogP contribution in [0.3, 0.4) is 0 Å². The van der Waals surface area contributed by atoms with Gasteiger partial charge < -0.3 is 25.0 Å². The van der Waals surface area contributed by atoms with E-state index >= 15 is 0 Å². The number of rotatable bonds is 7. The first-order chi connectivity index (χ1) is 24.7. The lowest BCUT2D eigenvalue weighted by Crippen LogP contribution is -2.58. The number of nitrogens with one attached hydrogen (secondary N) is 3. The monoisotopic (exact) mass is 736 g/mol. The summed E-state index contributed by atoms with van der Waals surface area (Å²) in [7, 11) is -2.31. The van der Waals surface area contributed by atoms with Gasteiger partial charge in [0.25, 0.3) is 5.91 Å². The van der Waals surface area contributed by atoms with Crippen LogP contribution in [0.5, 0.6) is 0 Å². The molecule has 52 heavy (non-hydrogen) atoms. The van der Waals surface area contributed by atoms with Gasteiger partial charge in [-0.25, -0.2) is 13.2 Å². The Morgan fingerprint density at radius 1 is 0.865 bits per heavy atom. The first-order valence-electron chi connectivity index (χ1n) is 18.6. The van der Waals surface area contributed by atoms with E-state index < -0.39 is 67.9 Å². The number of benzene rings is 2. The quantitative estimate of drug-likeness (QED) is 0.362. The minimum atomic E-state index is -3.86. The van der Waals surface area contributed by atoms with Gasteiger partial charge in [0, 0.05) is 13.5 Å². The zero-order valence-corrected chi connectivity index (χ0v) is 31.4. The fraction of sp³-hybridized carbons (Fsp3) is 0.590. The number of amides is 4. The van der Waals surface area contributed by atoms with Crippen LogP contribution in [0.15, 0.2) is 54.6 Å². The third-order valence-corrected chi connectivity index (χ3v) is 12.7. The van der Waals surface area contributed by atoms with Crippen LogP contribution < -0.4 is 15.4 Å². The number of methoxy groups -OCH3 is 1. The number of fused-ring (bicyclic) bond motifs is 2. The van der Waals surface area contributed by atoms with E-state index in [0.717, 1.165) is 42.4 Å².